The highest BCUT2D eigenvalue weighted by molar-refractivity contribution is 5.95. The summed E-state index contributed by atoms with van der Waals surface area (Å²) in [5, 5.41) is 7.55. The molecule has 3 aromatic rings. The number of amides is 1. The molecule has 0 saturated carbocycles. The van der Waals surface area contributed by atoms with Crippen LogP contribution in [0.4, 0.5) is 4.39 Å². The van der Waals surface area contributed by atoms with Crippen LogP contribution in [0.1, 0.15) is 38.8 Å². The van der Waals surface area contributed by atoms with Crippen LogP contribution in [0.3, 0.4) is 0 Å². The molecule has 1 atom stereocenters. The number of hydrogen-bond donors (Lipinski definition) is 1. The lowest BCUT2D eigenvalue weighted by molar-refractivity contribution is 0.0383. The van der Waals surface area contributed by atoms with Crippen molar-refractivity contribution in [3.63, 3.8) is 0 Å². The Morgan fingerprint density at radius 3 is 2.89 bits per heavy atom. The molecule has 0 fully saturated rings. The number of rotatable bonds is 5. The van der Waals surface area contributed by atoms with E-state index in [2.05, 4.69) is 23.6 Å². The highest BCUT2D eigenvalue weighted by Gasteiger charge is 2.25. The summed E-state index contributed by atoms with van der Waals surface area (Å²) in [6.45, 7) is 3.17. The first kappa shape index (κ1) is 18.4. The molecule has 2 aromatic carbocycles. The van der Waals surface area contributed by atoms with E-state index in [-0.39, 0.29) is 17.8 Å². The fraction of sp³-hybridized carbons (Fsp3) is 0.273. The molecular formula is C22H22FN3O2. The molecule has 0 saturated heterocycles. The van der Waals surface area contributed by atoms with Gasteiger partial charge in [0.15, 0.2) is 0 Å². The molecule has 1 aromatic heterocycles. The smallest absolute Gasteiger partial charge is 0.251 e. The molecule has 0 unspecified atom stereocenters. The van der Waals surface area contributed by atoms with E-state index in [1.807, 2.05) is 22.9 Å². The lowest BCUT2D eigenvalue weighted by atomic mass is 10.1. The summed E-state index contributed by atoms with van der Waals surface area (Å²) in [6.07, 6.45) is 2.55. The van der Waals surface area contributed by atoms with Gasteiger partial charge in [0.25, 0.3) is 5.91 Å². The number of ether oxygens (including phenoxy) is 1. The predicted octanol–water partition coefficient (Wildman–Crippen LogP) is 3.42. The normalized spacial score (nSPS) is 15.9. The van der Waals surface area contributed by atoms with Crippen molar-refractivity contribution in [3.05, 3.63) is 88.5 Å². The third-order valence-corrected chi connectivity index (χ3v) is 5.01. The number of fused-ring (bicyclic) bond motifs is 1. The largest absolute Gasteiger partial charge is 0.370 e. The van der Waals surface area contributed by atoms with Crippen LogP contribution in [-0.2, 0) is 17.7 Å². The van der Waals surface area contributed by atoms with Gasteiger partial charge in [0, 0.05) is 18.3 Å². The molecule has 5 nitrogen and oxygen atoms in total. The second-order valence-corrected chi connectivity index (χ2v) is 6.95. The Morgan fingerprint density at radius 2 is 2.07 bits per heavy atom. The second kappa shape index (κ2) is 7.94. The number of hydrogen-bond acceptors (Lipinski definition) is 3. The lowest BCUT2D eigenvalue weighted by Gasteiger charge is -2.22. The Bertz CT molecular complexity index is 985. The predicted molar refractivity (Wildman–Crippen MR) is 104 cm³/mol. The lowest BCUT2D eigenvalue weighted by Crippen LogP contribution is -2.32. The summed E-state index contributed by atoms with van der Waals surface area (Å²) in [5.41, 5.74) is 3.86. The molecule has 28 heavy (non-hydrogen) atoms. The fourth-order valence-electron chi connectivity index (χ4n) is 3.47. The van der Waals surface area contributed by atoms with Crippen LogP contribution >= 0.6 is 0 Å². The van der Waals surface area contributed by atoms with Crippen LogP contribution in [0, 0.1) is 12.7 Å². The number of aromatic nitrogens is 2. The molecule has 0 spiro atoms. The third kappa shape index (κ3) is 3.82. The summed E-state index contributed by atoms with van der Waals surface area (Å²) in [5.74, 6) is -0.694. The van der Waals surface area contributed by atoms with Crippen LogP contribution in [0.5, 0.6) is 0 Å². The molecule has 0 radical (unpaired) electrons. The van der Waals surface area contributed by atoms with Gasteiger partial charge in [-0.2, -0.15) is 5.10 Å². The first-order valence-corrected chi connectivity index (χ1v) is 9.37. The minimum atomic E-state index is -0.386. The third-order valence-electron chi connectivity index (χ3n) is 5.01. The van der Waals surface area contributed by atoms with Crippen LogP contribution < -0.4 is 5.32 Å². The Labute approximate surface area is 163 Å². The first-order valence-electron chi connectivity index (χ1n) is 9.37. The Hall–Kier alpha value is -2.99. The Morgan fingerprint density at radius 1 is 1.25 bits per heavy atom. The molecule has 6 heteroatoms. The highest BCUT2D eigenvalue weighted by Crippen LogP contribution is 2.25. The van der Waals surface area contributed by atoms with Crippen molar-refractivity contribution in [2.75, 3.05) is 13.2 Å². The molecule has 2 heterocycles. The van der Waals surface area contributed by atoms with E-state index in [0.29, 0.717) is 30.8 Å². The number of nitrogens with one attached hydrogen (secondary N) is 1. The highest BCUT2D eigenvalue weighted by atomic mass is 19.1. The number of halogens is 1. The maximum atomic E-state index is 13.7. The summed E-state index contributed by atoms with van der Waals surface area (Å²) >= 11 is 0. The summed E-state index contributed by atoms with van der Waals surface area (Å²) in [4.78, 5) is 12.5. The van der Waals surface area contributed by atoms with Crippen molar-refractivity contribution in [2.45, 2.75) is 26.0 Å². The average Bonchev–Trinajstić information content (AvgIpc) is 3.12. The summed E-state index contributed by atoms with van der Waals surface area (Å²) in [6, 6.07) is 14.6. The van der Waals surface area contributed by atoms with E-state index < -0.39 is 0 Å². The van der Waals surface area contributed by atoms with Crippen molar-refractivity contribution < 1.29 is 13.9 Å². The number of carbonyl (C=O) groups excluding carboxylic acids is 1. The Kier molecular flexibility index (Phi) is 5.21. The molecule has 0 aliphatic carbocycles. The zero-order chi connectivity index (χ0) is 19.5. The van der Waals surface area contributed by atoms with Gasteiger partial charge in [-0.1, -0.05) is 36.4 Å². The number of nitrogens with zero attached hydrogens (tertiary/aromatic N) is 2. The second-order valence-electron chi connectivity index (χ2n) is 6.95. The molecule has 1 aliphatic rings. The van der Waals surface area contributed by atoms with E-state index in [1.54, 1.807) is 13.0 Å². The number of carbonyl (C=O) groups is 1. The average molecular weight is 379 g/mol. The fourth-order valence-corrected chi connectivity index (χ4v) is 3.47. The minimum Gasteiger partial charge on any atom is -0.370 e. The van der Waals surface area contributed by atoms with Gasteiger partial charge in [-0.25, -0.2) is 4.39 Å². The van der Waals surface area contributed by atoms with Crippen molar-refractivity contribution in [2.24, 2.45) is 0 Å². The van der Waals surface area contributed by atoms with Gasteiger partial charge in [-0.3, -0.25) is 9.48 Å². The molecular weight excluding hydrogens is 357 g/mol. The summed E-state index contributed by atoms with van der Waals surface area (Å²) in [7, 11) is 0. The molecule has 1 N–H and O–H groups in total. The van der Waals surface area contributed by atoms with Gasteiger partial charge in [0.2, 0.25) is 0 Å². The van der Waals surface area contributed by atoms with Crippen LogP contribution in [0.25, 0.3) is 0 Å². The summed E-state index contributed by atoms with van der Waals surface area (Å²) < 4.78 is 21.5. The first-order chi connectivity index (χ1) is 13.6. The van der Waals surface area contributed by atoms with E-state index in [9.17, 15) is 9.18 Å². The zero-order valence-electron chi connectivity index (χ0n) is 15.7. The van der Waals surface area contributed by atoms with Crippen molar-refractivity contribution in [1.29, 1.82) is 0 Å². The van der Waals surface area contributed by atoms with Gasteiger partial charge in [-0.05, 0) is 42.2 Å². The van der Waals surface area contributed by atoms with Gasteiger partial charge >= 0.3 is 0 Å². The molecule has 144 valence electrons. The van der Waals surface area contributed by atoms with Crippen molar-refractivity contribution >= 4 is 5.91 Å². The standard InChI is InChI=1S/C22H22FN3O2/c1-15-18(8-5-9-19(15)23)22(27)24-12-20-21-17(10-11-28-20)14-26(25-21)13-16-6-3-2-4-7-16/h2-9,14,20H,10-13H2,1H3,(H,24,27)/t20-/m0/s1. The van der Waals surface area contributed by atoms with Crippen molar-refractivity contribution in [3.8, 4) is 0 Å². The molecule has 0 bridgehead atoms. The van der Waals surface area contributed by atoms with E-state index in [0.717, 1.165) is 17.7 Å². The van der Waals surface area contributed by atoms with Gasteiger partial charge in [0.1, 0.15) is 11.9 Å². The van der Waals surface area contributed by atoms with E-state index in [4.69, 9.17) is 9.84 Å². The zero-order valence-corrected chi connectivity index (χ0v) is 15.7. The van der Waals surface area contributed by atoms with Crippen molar-refractivity contribution in [1.82, 2.24) is 15.1 Å². The molecule has 1 aliphatic heterocycles. The van der Waals surface area contributed by atoms with Crippen LogP contribution in [0.2, 0.25) is 0 Å². The minimum absolute atomic E-state index is 0.296. The number of benzene rings is 2. The van der Waals surface area contributed by atoms with Gasteiger partial charge < -0.3 is 10.1 Å². The SMILES string of the molecule is Cc1c(F)cccc1C(=O)NC[C@@H]1OCCc2cn(Cc3ccccc3)nc21. The molecule has 4 rings (SSSR count). The van der Waals surface area contributed by atoms with Gasteiger partial charge in [0.05, 0.1) is 18.8 Å². The van der Waals surface area contributed by atoms with Crippen LogP contribution in [-0.4, -0.2) is 28.8 Å². The maximum absolute atomic E-state index is 13.7. The van der Waals surface area contributed by atoms with Gasteiger partial charge in [-0.15, -0.1) is 0 Å². The van der Waals surface area contributed by atoms with E-state index >= 15 is 0 Å². The van der Waals surface area contributed by atoms with Crippen LogP contribution in [0.15, 0.2) is 54.7 Å². The monoisotopic (exact) mass is 379 g/mol. The van der Waals surface area contributed by atoms with E-state index in [1.165, 1.54) is 17.7 Å². The Balaban J connectivity index is 1.46. The quantitative estimate of drug-likeness (QED) is 0.739. The topological polar surface area (TPSA) is 56.1 Å². The molecule has 1 amide bonds. The maximum Gasteiger partial charge on any atom is 0.251 e.